The molecule has 5 heteroatoms. The maximum atomic E-state index is 12.4. The summed E-state index contributed by atoms with van der Waals surface area (Å²) in [5, 5.41) is 16.3. The number of H-pyrrole nitrogens is 1. The molecule has 0 unspecified atom stereocenters. The van der Waals surface area contributed by atoms with Crippen molar-refractivity contribution in [2.24, 2.45) is 0 Å². The number of nitrogens with one attached hydrogen (secondary N) is 1. The first-order chi connectivity index (χ1) is 9.76. The third kappa shape index (κ3) is 3.60. The molecule has 0 aromatic carbocycles. The van der Waals surface area contributed by atoms with E-state index in [4.69, 9.17) is 5.11 Å². The van der Waals surface area contributed by atoms with E-state index < -0.39 is 0 Å². The maximum Gasteiger partial charge on any atom is 0.274 e. The van der Waals surface area contributed by atoms with Gasteiger partial charge in [0.25, 0.3) is 5.91 Å². The molecule has 0 bridgehead atoms. The van der Waals surface area contributed by atoms with Gasteiger partial charge in [-0.25, -0.2) is 0 Å². The highest BCUT2D eigenvalue weighted by Crippen LogP contribution is 2.31. The summed E-state index contributed by atoms with van der Waals surface area (Å²) in [4.78, 5) is 14.0. The molecule has 1 aromatic rings. The first-order valence-electron chi connectivity index (χ1n) is 7.71. The molecule has 1 aliphatic rings. The molecule has 1 saturated carbocycles. The van der Waals surface area contributed by atoms with E-state index in [0.717, 1.165) is 12.1 Å². The van der Waals surface area contributed by atoms with Crippen molar-refractivity contribution >= 4 is 5.91 Å². The van der Waals surface area contributed by atoms with E-state index in [0.29, 0.717) is 24.7 Å². The van der Waals surface area contributed by atoms with Gasteiger partial charge in [0.05, 0.1) is 6.61 Å². The van der Waals surface area contributed by atoms with Crippen LogP contribution in [-0.2, 0) is 0 Å². The fraction of sp³-hybridized carbons (Fsp3) is 0.733. The van der Waals surface area contributed by atoms with Crippen LogP contribution in [0.5, 0.6) is 0 Å². The van der Waals surface area contributed by atoms with Gasteiger partial charge in [-0.2, -0.15) is 5.10 Å². The Morgan fingerprint density at radius 2 is 2.15 bits per heavy atom. The van der Waals surface area contributed by atoms with Crippen molar-refractivity contribution < 1.29 is 9.90 Å². The summed E-state index contributed by atoms with van der Waals surface area (Å²) in [5.41, 5.74) is 1.57. The molecule has 0 saturated heterocycles. The molecular formula is C15H25N3O2. The number of nitrogens with zero attached hydrogens (tertiary/aromatic N) is 2. The lowest BCUT2D eigenvalue weighted by Gasteiger charge is -2.20. The van der Waals surface area contributed by atoms with Gasteiger partial charge in [-0.15, -0.1) is 0 Å². The minimum atomic E-state index is -0.0841. The fourth-order valence-corrected chi connectivity index (χ4v) is 2.94. The first-order valence-corrected chi connectivity index (χ1v) is 7.71. The first kappa shape index (κ1) is 15.0. The van der Waals surface area contributed by atoms with Gasteiger partial charge in [0, 0.05) is 24.7 Å². The molecular weight excluding hydrogens is 254 g/mol. The zero-order chi connectivity index (χ0) is 14.4. The van der Waals surface area contributed by atoms with Crippen molar-refractivity contribution in [3.63, 3.8) is 0 Å². The average molecular weight is 279 g/mol. The minimum absolute atomic E-state index is 0.00829. The second kappa shape index (κ2) is 7.43. The molecule has 0 aliphatic heterocycles. The number of amides is 1. The van der Waals surface area contributed by atoms with Crippen molar-refractivity contribution in [3.05, 3.63) is 17.5 Å². The third-order valence-electron chi connectivity index (χ3n) is 4.01. The van der Waals surface area contributed by atoms with E-state index in [1.807, 2.05) is 13.0 Å². The van der Waals surface area contributed by atoms with Gasteiger partial charge in [0.2, 0.25) is 0 Å². The van der Waals surface area contributed by atoms with Crippen LogP contribution in [0.1, 0.15) is 67.5 Å². The van der Waals surface area contributed by atoms with Crippen molar-refractivity contribution in [1.29, 1.82) is 0 Å². The Kier molecular flexibility index (Phi) is 5.59. The normalized spacial score (nSPS) is 16.3. The molecule has 0 spiro atoms. The zero-order valence-electron chi connectivity index (χ0n) is 12.3. The number of aliphatic hydroxyl groups excluding tert-OH is 1. The summed E-state index contributed by atoms with van der Waals surface area (Å²) < 4.78 is 0. The van der Waals surface area contributed by atoms with Gasteiger partial charge < -0.3 is 10.0 Å². The van der Waals surface area contributed by atoms with E-state index >= 15 is 0 Å². The van der Waals surface area contributed by atoms with E-state index in [-0.39, 0.29) is 12.5 Å². The number of aromatic nitrogens is 2. The summed E-state index contributed by atoms with van der Waals surface area (Å²) in [6, 6.07) is 1.90. The monoisotopic (exact) mass is 279 g/mol. The number of hydrogen-bond donors (Lipinski definition) is 2. The highest BCUT2D eigenvalue weighted by molar-refractivity contribution is 5.92. The highest BCUT2D eigenvalue weighted by Gasteiger charge is 2.22. The second-order valence-corrected chi connectivity index (χ2v) is 5.56. The zero-order valence-corrected chi connectivity index (χ0v) is 12.3. The molecule has 20 heavy (non-hydrogen) atoms. The average Bonchev–Trinajstić information content (AvgIpc) is 2.97. The van der Waals surface area contributed by atoms with Crippen LogP contribution >= 0.6 is 0 Å². The van der Waals surface area contributed by atoms with Crippen LogP contribution in [0, 0.1) is 0 Å². The van der Waals surface area contributed by atoms with Crippen molar-refractivity contribution in [1.82, 2.24) is 15.1 Å². The van der Waals surface area contributed by atoms with Crippen LogP contribution in [0.3, 0.4) is 0 Å². The summed E-state index contributed by atoms with van der Waals surface area (Å²) in [5.74, 6) is 0.439. The molecule has 0 atom stereocenters. The van der Waals surface area contributed by atoms with Crippen LogP contribution in [-0.4, -0.2) is 45.8 Å². The quantitative estimate of drug-likeness (QED) is 0.839. The maximum absolute atomic E-state index is 12.4. The van der Waals surface area contributed by atoms with Crippen LogP contribution in [0.15, 0.2) is 6.07 Å². The summed E-state index contributed by atoms with van der Waals surface area (Å²) in [6.45, 7) is 3.05. The number of rotatable bonds is 6. The molecule has 112 valence electrons. The van der Waals surface area contributed by atoms with Crippen LogP contribution in [0.4, 0.5) is 0 Å². The summed E-state index contributed by atoms with van der Waals surface area (Å²) in [7, 11) is 0. The lowest BCUT2D eigenvalue weighted by molar-refractivity contribution is 0.0716. The van der Waals surface area contributed by atoms with E-state index in [2.05, 4.69) is 10.2 Å². The van der Waals surface area contributed by atoms with Crippen LogP contribution in [0.25, 0.3) is 0 Å². The molecule has 1 fully saturated rings. The SMILES string of the molecule is CCCN(CCO)C(=O)c1cc(C2CCCCC2)[nH]n1. The summed E-state index contributed by atoms with van der Waals surface area (Å²) >= 11 is 0. The van der Waals surface area contributed by atoms with E-state index in [1.165, 1.54) is 32.1 Å². The molecule has 1 heterocycles. The number of hydrogen-bond acceptors (Lipinski definition) is 3. The standard InChI is InChI=1S/C15H25N3O2/c1-2-8-18(9-10-19)15(20)14-11-13(16-17-14)12-6-4-3-5-7-12/h11-12,19H,2-10H2,1H3,(H,16,17). The predicted molar refractivity (Wildman–Crippen MR) is 77.7 cm³/mol. The van der Waals surface area contributed by atoms with Crippen LogP contribution in [0.2, 0.25) is 0 Å². The van der Waals surface area contributed by atoms with Gasteiger partial charge in [-0.3, -0.25) is 9.89 Å². The molecule has 2 N–H and O–H groups in total. The number of aromatic amines is 1. The van der Waals surface area contributed by atoms with Crippen molar-refractivity contribution in [3.8, 4) is 0 Å². The van der Waals surface area contributed by atoms with Gasteiger partial charge in [-0.05, 0) is 25.3 Å². The molecule has 0 radical (unpaired) electrons. The Morgan fingerprint density at radius 3 is 2.80 bits per heavy atom. The molecule has 1 aliphatic carbocycles. The lowest BCUT2D eigenvalue weighted by Crippen LogP contribution is -2.34. The fourth-order valence-electron chi connectivity index (χ4n) is 2.94. The van der Waals surface area contributed by atoms with E-state index in [1.54, 1.807) is 4.90 Å². The Balaban J connectivity index is 2.04. The van der Waals surface area contributed by atoms with Crippen molar-refractivity contribution in [2.75, 3.05) is 19.7 Å². The van der Waals surface area contributed by atoms with Gasteiger partial charge in [0.1, 0.15) is 5.69 Å². The predicted octanol–water partition coefficient (Wildman–Crippen LogP) is 2.30. The Hall–Kier alpha value is -1.36. The second-order valence-electron chi connectivity index (χ2n) is 5.56. The van der Waals surface area contributed by atoms with E-state index in [9.17, 15) is 4.79 Å². The van der Waals surface area contributed by atoms with Gasteiger partial charge in [-0.1, -0.05) is 26.2 Å². The Labute approximate surface area is 120 Å². The number of carbonyl (C=O) groups is 1. The Morgan fingerprint density at radius 1 is 1.40 bits per heavy atom. The topological polar surface area (TPSA) is 69.2 Å². The van der Waals surface area contributed by atoms with Crippen molar-refractivity contribution in [2.45, 2.75) is 51.4 Å². The van der Waals surface area contributed by atoms with Crippen LogP contribution < -0.4 is 0 Å². The summed E-state index contributed by atoms with van der Waals surface area (Å²) in [6.07, 6.45) is 7.10. The minimum Gasteiger partial charge on any atom is -0.395 e. The molecule has 1 aromatic heterocycles. The molecule has 1 amide bonds. The number of carbonyl (C=O) groups excluding carboxylic acids is 1. The van der Waals surface area contributed by atoms with Gasteiger partial charge >= 0.3 is 0 Å². The molecule has 2 rings (SSSR count). The Bertz CT molecular complexity index is 419. The smallest absolute Gasteiger partial charge is 0.274 e. The van der Waals surface area contributed by atoms with Gasteiger partial charge in [0.15, 0.2) is 0 Å². The number of aliphatic hydroxyl groups is 1. The third-order valence-corrected chi connectivity index (χ3v) is 4.01. The molecule has 5 nitrogen and oxygen atoms in total. The largest absolute Gasteiger partial charge is 0.395 e. The highest BCUT2D eigenvalue weighted by atomic mass is 16.3. The lowest BCUT2D eigenvalue weighted by atomic mass is 9.87.